The van der Waals surface area contributed by atoms with Gasteiger partial charge in [0.15, 0.2) is 11.7 Å². The highest BCUT2D eigenvalue weighted by atomic mass is 79.9. The van der Waals surface area contributed by atoms with Crippen LogP contribution in [-0.4, -0.2) is 21.9 Å². The number of aromatic nitrogens is 2. The number of rotatable bonds is 3. The Kier molecular flexibility index (Phi) is 5.54. The van der Waals surface area contributed by atoms with E-state index < -0.39 is 30.0 Å². The number of benzene rings is 1. The summed E-state index contributed by atoms with van der Waals surface area (Å²) in [6, 6.07) is 4.58. The van der Waals surface area contributed by atoms with Crippen LogP contribution in [0.2, 0.25) is 5.02 Å². The average molecular weight is 524 g/mol. The topological polar surface area (TPSA) is 59.0 Å². The molecular formula is C18H12BrClF4N4OS. The lowest BCUT2D eigenvalue weighted by Gasteiger charge is -2.33. The van der Waals surface area contributed by atoms with Crippen LogP contribution in [0, 0.1) is 5.82 Å². The number of fused-ring (bicyclic) bond motifs is 1. The summed E-state index contributed by atoms with van der Waals surface area (Å²) < 4.78 is 55.4. The Balaban J connectivity index is 1.69. The number of carbonyl (C=O) groups is 1. The van der Waals surface area contributed by atoms with Gasteiger partial charge in [0, 0.05) is 17.0 Å². The minimum absolute atomic E-state index is 0.0595. The zero-order chi connectivity index (χ0) is 21.6. The van der Waals surface area contributed by atoms with Crippen molar-refractivity contribution in [3.05, 3.63) is 61.6 Å². The molecule has 0 aliphatic carbocycles. The van der Waals surface area contributed by atoms with Gasteiger partial charge < -0.3 is 10.6 Å². The number of hydrogen-bond acceptors (Lipinski definition) is 4. The van der Waals surface area contributed by atoms with Crippen molar-refractivity contribution in [2.75, 3.05) is 10.6 Å². The zero-order valence-electron chi connectivity index (χ0n) is 14.8. The molecule has 1 aliphatic rings. The van der Waals surface area contributed by atoms with E-state index >= 15 is 0 Å². The van der Waals surface area contributed by atoms with Crippen molar-refractivity contribution in [3.63, 3.8) is 0 Å². The molecule has 158 valence electrons. The lowest BCUT2D eigenvalue weighted by Crippen LogP contribution is -2.35. The Morgan fingerprint density at radius 2 is 2.13 bits per heavy atom. The summed E-state index contributed by atoms with van der Waals surface area (Å²) in [7, 11) is 0. The second-order valence-electron chi connectivity index (χ2n) is 6.54. The number of anilines is 2. The molecule has 0 spiro atoms. The molecule has 1 amide bonds. The molecule has 0 unspecified atom stereocenters. The summed E-state index contributed by atoms with van der Waals surface area (Å²) in [4.78, 5) is 13.4. The summed E-state index contributed by atoms with van der Waals surface area (Å²) >= 11 is 10.3. The van der Waals surface area contributed by atoms with Gasteiger partial charge in [-0.25, -0.2) is 9.07 Å². The Bertz CT molecular complexity index is 1100. The summed E-state index contributed by atoms with van der Waals surface area (Å²) in [6.07, 6.45) is -4.82. The number of hydrogen-bond donors (Lipinski definition) is 2. The largest absolute Gasteiger partial charge is 0.410 e. The zero-order valence-corrected chi connectivity index (χ0v) is 18.0. The summed E-state index contributed by atoms with van der Waals surface area (Å²) in [5.74, 6) is -1.36. The molecular weight excluding hydrogens is 512 g/mol. The van der Waals surface area contributed by atoms with Gasteiger partial charge in [-0.15, -0.1) is 11.3 Å². The van der Waals surface area contributed by atoms with Crippen LogP contribution in [0.5, 0.6) is 0 Å². The fourth-order valence-electron chi connectivity index (χ4n) is 3.17. The van der Waals surface area contributed by atoms with Gasteiger partial charge in [-0.05, 0) is 45.6 Å². The first-order chi connectivity index (χ1) is 14.1. The number of carbonyl (C=O) groups excluding carboxylic acids is 1. The highest BCUT2D eigenvalue weighted by Gasteiger charge is 2.48. The van der Waals surface area contributed by atoms with Crippen molar-refractivity contribution in [2.24, 2.45) is 0 Å². The molecule has 12 heteroatoms. The van der Waals surface area contributed by atoms with E-state index in [0.29, 0.717) is 0 Å². The Labute approximate surface area is 185 Å². The summed E-state index contributed by atoms with van der Waals surface area (Å²) in [5, 5.41) is 11.0. The second-order valence-corrected chi connectivity index (χ2v) is 8.72. The Hall–Kier alpha value is -2.11. The molecule has 1 aromatic carbocycles. The van der Waals surface area contributed by atoms with Crippen molar-refractivity contribution in [1.29, 1.82) is 0 Å². The molecule has 5 nitrogen and oxygen atoms in total. The van der Waals surface area contributed by atoms with E-state index in [-0.39, 0.29) is 33.1 Å². The lowest BCUT2D eigenvalue weighted by atomic mass is 10.0. The van der Waals surface area contributed by atoms with Crippen molar-refractivity contribution >= 4 is 56.3 Å². The molecule has 0 fully saturated rings. The smallest absolute Gasteiger partial charge is 0.362 e. The van der Waals surface area contributed by atoms with Crippen molar-refractivity contribution in [2.45, 2.75) is 24.7 Å². The summed E-state index contributed by atoms with van der Waals surface area (Å²) in [6.45, 7) is 0. The number of nitrogens with zero attached hydrogens (tertiary/aromatic N) is 2. The highest BCUT2D eigenvalue weighted by Crippen LogP contribution is 2.46. The van der Waals surface area contributed by atoms with Crippen molar-refractivity contribution in [1.82, 2.24) is 9.78 Å². The standard InChI is InChI=1S/C18H12BrClF4N4OS/c19-14-15(17(29)25-8-3-4-10(21)9(20)6-8)27-28-13(18(22,23)24)7-11(26-16(14)28)12-2-1-5-30-12/h1-6,11,13,26H,7H2,(H,25,29)/t11-,13+/m1/s1. The molecule has 3 aromatic rings. The molecule has 2 N–H and O–H groups in total. The first kappa shape index (κ1) is 21.1. The Morgan fingerprint density at radius 3 is 2.77 bits per heavy atom. The van der Waals surface area contributed by atoms with Crippen LogP contribution in [0.1, 0.15) is 33.9 Å². The van der Waals surface area contributed by atoms with Gasteiger partial charge in [-0.3, -0.25) is 4.79 Å². The monoisotopic (exact) mass is 522 g/mol. The summed E-state index contributed by atoms with van der Waals surface area (Å²) in [5.41, 5.74) is -0.0555. The van der Waals surface area contributed by atoms with Gasteiger partial charge in [-0.2, -0.15) is 18.3 Å². The van der Waals surface area contributed by atoms with Crippen LogP contribution in [-0.2, 0) is 0 Å². The van der Waals surface area contributed by atoms with E-state index in [1.807, 2.05) is 0 Å². The first-order valence-corrected chi connectivity index (χ1v) is 10.6. The first-order valence-electron chi connectivity index (χ1n) is 8.56. The molecule has 4 rings (SSSR count). The van der Waals surface area contributed by atoms with Gasteiger partial charge >= 0.3 is 6.18 Å². The molecule has 3 heterocycles. The number of alkyl halides is 3. The van der Waals surface area contributed by atoms with E-state index in [1.54, 1.807) is 17.5 Å². The number of thiophene rings is 1. The predicted molar refractivity (Wildman–Crippen MR) is 110 cm³/mol. The third kappa shape index (κ3) is 3.93. The molecule has 0 radical (unpaired) electrons. The van der Waals surface area contributed by atoms with E-state index in [0.717, 1.165) is 15.6 Å². The third-order valence-electron chi connectivity index (χ3n) is 4.57. The fourth-order valence-corrected chi connectivity index (χ4v) is 4.70. The van der Waals surface area contributed by atoms with Crippen LogP contribution in [0.4, 0.5) is 29.1 Å². The average Bonchev–Trinajstić information content (AvgIpc) is 3.32. The van der Waals surface area contributed by atoms with E-state index in [1.165, 1.54) is 23.5 Å². The molecule has 0 bridgehead atoms. The van der Waals surface area contributed by atoms with Crippen LogP contribution >= 0.6 is 38.9 Å². The SMILES string of the molecule is O=C(Nc1ccc(F)c(Cl)c1)c1nn2c(c1Br)N[C@@H](c1cccs1)C[C@H]2C(F)(F)F. The van der Waals surface area contributed by atoms with Crippen LogP contribution < -0.4 is 10.6 Å². The van der Waals surface area contributed by atoms with Gasteiger partial charge in [0.25, 0.3) is 5.91 Å². The molecule has 0 saturated carbocycles. The maximum absolute atomic E-state index is 13.8. The number of halogens is 6. The Morgan fingerprint density at radius 1 is 1.37 bits per heavy atom. The van der Waals surface area contributed by atoms with Crippen molar-refractivity contribution < 1.29 is 22.4 Å². The fraction of sp³-hybridized carbons (Fsp3) is 0.222. The van der Waals surface area contributed by atoms with E-state index in [9.17, 15) is 22.4 Å². The quantitative estimate of drug-likeness (QED) is 0.390. The van der Waals surface area contributed by atoms with Gasteiger partial charge in [-0.1, -0.05) is 17.7 Å². The molecule has 2 atom stereocenters. The highest BCUT2D eigenvalue weighted by molar-refractivity contribution is 9.10. The van der Waals surface area contributed by atoms with Gasteiger partial charge in [0.1, 0.15) is 11.6 Å². The van der Waals surface area contributed by atoms with Crippen LogP contribution in [0.25, 0.3) is 0 Å². The van der Waals surface area contributed by atoms with E-state index in [4.69, 9.17) is 11.6 Å². The van der Waals surface area contributed by atoms with E-state index in [2.05, 4.69) is 31.7 Å². The minimum Gasteiger partial charge on any atom is -0.362 e. The molecule has 0 saturated heterocycles. The van der Waals surface area contributed by atoms with Gasteiger partial charge in [0.05, 0.1) is 15.5 Å². The second kappa shape index (κ2) is 7.86. The molecule has 2 aromatic heterocycles. The normalized spacial score (nSPS) is 18.6. The van der Waals surface area contributed by atoms with Crippen molar-refractivity contribution in [3.8, 4) is 0 Å². The third-order valence-corrected chi connectivity index (χ3v) is 6.60. The maximum atomic E-state index is 13.8. The molecule has 30 heavy (non-hydrogen) atoms. The van der Waals surface area contributed by atoms with Gasteiger partial charge in [0.2, 0.25) is 0 Å². The van der Waals surface area contributed by atoms with Crippen LogP contribution in [0.15, 0.2) is 40.2 Å². The van der Waals surface area contributed by atoms with Crippen LogP contribution in [0.3, 0.4) is 0 Å². The lowest BCUT2D eigenvalue weighted by molar-refractivity contribution is -0.173. The number of amides is 1. The maximum Gasteiger partial charge on any atom is 0.410 e. The minimum atomic E-state index is -4.56. The molecule has 1 aliphatic heterocycles. The number of nitrogens with one attached hydrogen (secondary N) is 2. The predicted octanol–water partition coefficient (Wildman–Crippen LogP) is 6.41.